The van der Waals surface area contributed by atoms with Gasteiger partial charge in [-0.3, -0.25) is 9.58 Å². The molecule has 3 aromatic heterocycles. The third kappa shape index (κ3) is 3.16. The Hall–Kier alpha value is -2.48. The fourth-order valence-electron chi connectivity index (χ4n) is 3.01. The van der Waals surface area contributed by atoms with Gasteiger partial charge in [-0.25, -0.2) is 4.98 Å². The van der Waals surface area contributed by atoms with Gasteiger partial charge in [0.2, 0.25) is 5.89 Å². The highest BCUT2D eigenvalue weighted by molar-refractivity contribution is 5.42. The molecule has 0 bridgehead atoms. The molecule has 8 nitrogen and oxygen atoms in total. The van der Waals surface area contributed by atoms with Crippen molar-refractivity contribution in [2.45, 2.75) is 38.4 Å². The van der Waals surface area contributed by atoms with Crippen LogP contribution in [0.2, 0.25) is 0 Å². The van der Waals surface area contributed by atoms with E-state index in [0.717, 1.165) is 19.5 Å². The van der Waals surface area contributed by atoms with Crippen LogP contribution in [0.1, 0.15) is 25.2 Å². The lowest BCUT2D eigenvalue weighted by Crippen LogP contribution is -2.41. The molecule has 0 radical (unpaired) electrons. The molecular formula is C15H18N6O2. The number of aromatic nitrogens is 5. The molecule has 4 heterocycles. The molecule has 0 aliphatic carbocycles. The van der Waals surface area contributed by atoms with Crippen LogP contribution in [0, 0.1) is 0 Å². The fourth-order valence-corrected chi connectivity index (χ4v) is 3.01. The van der Waals surface area contributed by atoms with Gasteiger partial charge >= 0.3 is 0 Å². The van der Waals surface area contributed by atoms with Gasteiger partial charge in [-0.15, -0.1) is 10.2 Å². The lowest BCUT2D eigenvalue weighted by molar-refractivity contribution is 0.111. The van der Waals surface area contributed by atoms with Crippen molar-refractivity contribution in [2.24, 2.45) is 0 Å². The minimum atomic E-state index is 0.407. The Bertz CT molecular complexity index is 721. The summed E-state index contributed by atoms with van der Waals surface area (Å²) >= 11 is 0. The van der Waals surface area contributed by atoms with E-state index in [2.05, 4.69) is 25.2 Å². The quantitative estimate of drug-likeness (QED) is 0.711. The molecule has 0 N–H and O–H groups in total. The molecular weight excluding hydrogens is 296 g/mol. The highest BCUT2D eigenvalue weighted by Crippen LogP contribution is 2.22. The molecule has 0 spiro atoms. The molecule has 120 valence electrons. The van der Waals surface area contributed by atoms with Gasteiger partial charge in [-0.1, -0.05) is 6.42 Å². The van der Waals surface area contributed by atoms with Crippen LogP contribution in [0.5, 0.6) is 0 Å². The van der Waals surface area contributed by atoms with Crippen molar-refractivity contribution < 1.29 is 8.83 Å². The first-order chi connectivity index (χ1) is 11.4. The molecule has 8 heteroatoms. The van der Waals surface area contributed by atoms with Gasteiger partial charge < -0.3 is 8.83 Å². The summed E-state index contributed by atoms with van der Waals surface area (Å²) < 4.78 is 12.9. The number of rotatable bonds is 5. The topological polar surface area (TPSA) is 86.0 Å². The normalized spacial score (nSPS) is 19.2. The van der Waals surface area contributed by atoms with Crippen molar-refractivity contribution in [3.63, 3.8) is 0 Å². The van der Waals surface area contributed by atoms with Crippen LogP contribution in [-0.4, -0.2) is 42.4 Å². The largest absolute Gasteiger partial charge is 0.459 e. The van der Waals surface area contributed by atoms with E-state index in [1.54, 1.807) is 25.0 Å². The van der Waals surface area contributed by atoms with Gasteiger partial charge in [0.15, 0.2) is 5.76 Å². The Kier molecular flexibility index (Phi) is 3.89. The third-order valence-electron chi connectivity index (χ3n) is 4.15. The standard InChI is InChI=1S/C15H18N6O2/c1-2-6-20(12(4-1)8-21-11-16-10-17-21)9-14-18-19-15(23-14)13-5-3-7-22-13/h3,5,7,10-12H,1-2,4,6,8-9H2. The van der Waals surface area contributed by atoms with Gasteiger partial charge in [0.1, 0.15) is 12.7 Å². The van der Waals surface area contributed by atoms with Crippen molar-refractivity contribution in [2.75, 3.05) is 6.54 Å². The zero-order valence-corrected chi connectivity index (χ0v) is 12.7. The highest BCUT2D eigenvalue weighted by Gasteiger charge is 2.25. The summed E-state index contributed by atoms with van der Waals surface area (Å²) in [6, 6.07) is 4.02. The van der Waals surface area contributed by atoms with E-state index < -0.39 is 0 Å². The van der Waals surface area contributed by atoms with Gasteiger partial charge in [0.25, 0.3) is 5.89 Å². The molecule has 1 atom stereocenters. The van der Waals surface area contributed by atoms with Crippen LogP contribution >= 0.6 is 0 Å². The molecule has 1 unspecified atom stereocenters. The minimum absolute atomic E-state index is 0.407. The second-order valence-electron chi connectivity index (χ2n) is 5.72. The average molecular weight is 314 g/mol. The van der Waals surface area contributed by atoms with E-state index in [0.29, 0.717) is 30.1 Å². The predicted octanol–water partition coefficient (Wildman–Crippen LogP) is 1.98. The number of likely N-dealkylation sites (tertiary alicyclic amines) is 1. The van der Waals surface area contributed by atoms with Crippen molar-refractivity contribution in [1.29, 1.82) is 0 Å². The number of furan rings is 1. The van der Waals surface area contributed by atoms with Crippen molar-refractivity contribution >= 4 is 0 Å². The summed E-state index contributed by atoms with van der Waals surface area (Å²) in [6.07, 6.45) is 8.48. The average Bonchev–Trinajstić information content (AvgIpc) is 3.31. The Labute approximate surface area is 133 Å². The molecule has 1 saturated heterocycles. The van der Waals surface area contributed by atoms with E-state index in [9.17, 15) is 0 Å². The maximum atomic E-state index is 5.72. The molecule has 1 aliphatic heterocycles. The molecule has 23 heavy (non-hydrogen) atoms. The Morgan fingerprint density at radius 2 is 2.26 bits per heavy atom. The summed E-state index contributed by atoms with van der Waals surface area (Å²) in [4.78, 5) is 6.39. The van der Waals surface area contributed by atoms with Crippen LogP contribution in [0.4, 0.5) is 0 Å². The molecule has 0 amide bonds. The number of piperidine rings is 1. The summed E-state index contributed by atoms with van der Waals surface area (Å²) in [5, 5.41) is 12.4. The van der Waals surface area contributed by atoms with Crippen molar-refractivity contribution in [3.8, 4) is 11.7 Å². The lowest BCUT2D eigenvalue weighted by Gasteiger charge is -2.34. The number of hydrogen-bond donors (Lipinski definition) is 0. The first kappa shape index (κ1) is 14.1. The zero-order chi connectivity index (χ0) is 15.5. The highest BCUT2D eigenvalue weighted by atomic mass is 16.4. The van der Waals surface area contributed by atoms with Crippen LogP contribution in [-0.2, 0) is 13.1 Å². The molecule has 0 saturated carbocycles. The number of nitrogens with zero attached hydrogens (tertiary/aromatic N) is 6. The van der Waals surface area contributed by atoms with Crippen LogP contribution in [0.15, 0.2) is 39.9 Å². The van der Waals surface area contributed by atoms with Crippen molar-refractivity contribution in [3.05, 3.63) is 36.9 Å². The maximum Gasteiger partial charge on any atom is 0.283 e. The Balaban J connectivity index is 1.45. The molecule has 3 aromatic rings. The summed E-state index contributed by atoms with van der Waals surface area (Å²) in [5.41, 5.74) is 0. The van der Waals surface area contributed by atoms with Crippen LogP contribution in [0.25, 0.3) is 11.7 Å². The minimum Gasteiger partial charge on any atom is -0.459 e. The Morgan fingerprint density at radius 3 is 3.09 bits per heavy atom. The van der Waals surface area contributed by atoms with E-state index in [1.807, 2.05) is 10.7 Å². The molecule has 1 aliphatic rings. The van der Waals surface area contributed by atoms with Crippen LogP contribution in [0.3, 0.4) is 0 Å². The third-order valence-corrected chi connectivity index (χ3v) is 4.15. The zero-order valence-electron chi connectivity index (χ0n) is 12.7. The summed E-state index contributed by atoms with van der Waals surface area (Å²) in [7, 11) is 0. The Morgan fingerprint density at radius 1 is 1.26 bits per heavy atom. The summed E-state index contributed by atoms with van der Waals surface area (Å²) in [6.45, 7) is 2.50. The smallest absolute Gasteiger partial charge is 0.283 e. The maximum absolute atomic E-state index is 5.72. The summed E-state index contributed by atoms with van der Waals surface area (Å²) in [5.74, 6) is 1.64. The van der Waals surface area contributed by atoms with Gasteiger partial charge in [-0.2, -0.15) is 5.10 Å². The SMILES string of the molecule is c1coc(-c2nnc(CN3CCCCC3Cn3cncn3)o2)c1. The van der Waals surface area contributed by atoms with Crippen molar-refractivity contribution in [1.82, 2.24) is 29.9 Å². The van der Waals surface area contributed by atoms with Gasteiger partial charge in [0, 0.05) is 6.04 Å². The van der Waals surface area contributed by atoms with Gasteiger partial charge in [0.05, 0.1) is 19.4 Å². The monoisotopic (exact) mass is 314 g/mol. The fraction of sp³-hybridized carbons (Fsp3) is 0.467. The first-order valence-corrected chi connectivity index (χ1v) is 7.81. The van der Waals surface area contributed by atoms with Crippen LogP contribution < -0.4 is 0 Å². The molecule has 1 fully saturated rings. The lowest BCUT2D eigenvalue weighted by atomic mass is 10.0. The second-order valence-corrected chi connectivity index (χ2v) is 5.72. The van der Waals surface area contributed by atoms with E-state index >= 15 is 0 Å². The molecule has 4 rings (SSSR count). The first-order valence-electron chi connectivity index (χ1n) is 7.81. The molecule has 0 aromatic carbocycles. The van der Waals surface area contributed by atoms with Gasteiger partial charge in [-0.05, 0) is 31.5 Å². The number of hydrogen-bond acceptors (Lipinski definition) is 7. The second kappa shape index (κ2) is 6.33. The predicted molar refractivity (Wildman–Crippen MR) is 80.1 cm³/mol. The van der Waals surface area contributed by atoms with E-state index in [1.165, 1.54) is 12.8 Å². The van der Waals surface area contributed by atoms with E-state index in [4.69, 9.17) is 8.83 Å². The van der Waals surface area contributed by atoms with E-state index in [-0.39, 0.29) is 0 Å².